The van der Waals surface area contributed by atoms with E-state index >= 15 is 0 Å². The molecule has 1 unspecified atom stereocenters. The molecule has 4 heteroatoms. The highest BCUT2D eigenvalue weighted by molar-refractivity contribution is 5.96. The molecule has 0 saturated heterocycles. The molecule has 1 atom stereocenters. The van der Waals surface area contributed by atoms with Crippen LogP contribution < -0.4 is 5.32 Å². The van der Waals surface area contributed by atoms with Gasteiger partial charge < -0.3 is 10.2 Å². The Hall–Kier alpha value is -2.36. The normalized spacial score (nSPS) is 19.9. The molecule has 1 N–H and O–H groups in total. The Balaban J connectivity index is 2.03. The van der Waals surface area contributed by atoms with Gasteiger partial charge in [-0.05, 0) is 61.8 Å². The first-order valence-corrected chi connectivity index (χ1v) is 9.59. The molecule has 1 aromatic rings. The molecule has 27 heavy (non-hydrogen) atoms. The van der Waals surface area contributed by atoms with Gasteiger partial charge in [0.15, 0.2) is 0 Å². The molecule has 0 radical (unpaired) electrons. The van der Waals surface area contributed by atoms with Crippen LogP contribution in [0.2, 0.25) is 0 Å². The summed E-state index contributed by atoms with van der Waals surface area (Å²) in [6.45, 7) is 12.7. The Morgan fingerprint density at radius 2 is 1.89 bits per heavy atom. The molecule has 0 fully saturated rings. The maximum atomic E-state index is 13.2. The Kier molecular flexibility index (Phi) is 4.79. The molecule has 4 nitrogen and oxygen atoms in total. The van der Waals surface area contributed by atoms with Gasteiger partial charge in [-0.1, -0.05) is 44.2 Å². The molecule has 1 heterocycles. The fraction of sp³-hybridized carbons (Fsp3) is 0.478. The zero-order valence-electron chi connectivity index (χ0n) is 17.2. The number of fused-ring (bicyclic) bond motifs is 1. The maximum absolute atomic E-state index is 13.2. The highest BCUT2D eigenvalue weighted by Crippen LogP contribution is 2.45. The van der Waals surface area contributed by atoms with Crippen LogP contribution in [0.4, 0.5) is 0 Å². The Morgan fingerprint density at radius 3 is 2.52 bits per heavy atom. The summed E-state index contributed by atoms with van der Waals surface area (Å²) in [6, 6.07) is 7.17. The minimum absolute atomic E-state index is 0.0110. The average Bonchev–Trinajstić information content (AvgIpc) is 2.83. The van der Waals surface area contributed by atoms with Crippen LogP contribution in [0.25, 0.3) is 0 Å². The van der Waals surface area contributed by atoms with Crippen molar-refractivity contribution in [2.45, 2.75) is 59.5 Å². The monoisotopic (exact) mass is 366 g/mol. The standard InChI is InChI=1S/C23H30N2O2/c1-15-9-7-8-10-17(15)20(21(27)24-22(2,3)4)25-14-16-11-12-23(5,6)18(16)13-19(25)26/h7-11,13,20H,12,14H2,1-6H3,(H,24,27). The van der Waals surface area contributed by atoms with Gasteiger partial charge in [-0.3, -0.25) is 9.59 Å². The molecule has 0 saturated carbocycles. The van der Waals surface area contributed by atoms with Crippen LogP contribution in [0.5, 0.6) is 0 Å². The summed E-state index contributed by atoms with van der Waals surface area (Å²) in [5, 5.41) is 3.07. The lowest BCUT2D eigenvalue weighted by atomic mass is 9.82. The Bertz CT molecular complexity index is 840. The fourth-order valence-corrected chi connectivity index (χ4v) is 3.94. The van der Waals surface area contributed by atoms with Crippen molar-refractivity contribution >= 4 is 11.8 Å². The second-order valence-electron chi connectivity index (χ2n) is 9.34. The van der Waals surface area contributed by atoms with Crippen molar-refractivity contribution in [2.24, 2.45) is 5.41 Å². The van der Waals surface area contributed by atoms with Crippen LogP contribution >= 0.6 is 0 Å². The zero-order chi connectivity index (χ0) is 20.0. The zero-order valence-corrected chi connectivity index (χ0v) is 17.2. The van der Waals surface area contributed by atoms with Crippen molar-refractivity contribution < 1.29 is 9.59 Å². The third-order valence-corrected chi connectivity index (χ3v) is 5.37. The van der Waals surface area contributed by atoms with E-state index in [2.05, 4.69) is 25.2 Å². The van der Waals surface area contributed by atoms with Gasteiger partial charge in [-0.2, -0.15) is 0 Å². The third kappa shape index (κ3) is 3.85. The number of nitrogens with zero attached hydrogens (tertiary/aromatic N) is 1. The summed E-state index contributed by atoms with van der Waals surface area (Å²) in [7, 11) is 0. The number of carbonyl (C=O) groups excluding carboxylic acids is 2. The number of amides is 2. The topological polar surface area (TPSA) is 49.4 Å². The minimum Gasteiger partial charge on any atom is -0.349 e. The second kappa shape index (κ2) is 6.66. The number of hydrogen-bond donors (Lipinski definition) is 1. The van der Waals surface area contributed by atoms with Gasteiger partial charge in [0.2, 0.25) is 11.8 Å². The molecular formula is C23H30N2O2. The first-order valence-electron chi connectivity index (χ1n) is 9.59. The molecule has 2 aliphatic rings. The van der Waals surface area contributed by atoms with E-state index in [1.807, 2.05) is 52.0 Å². The van der Waals surface area contributed by atoms with E-state index in [9.17, 15) is 9.59 Å². The van der Waals surface area contributed by atoms with Gasteiger partial charge in [0.1, 0.15) is 6.04 Å². The van der Waals surface area contributed by atoms with Crippen molar-refractivity contribution in [2.75, 3.05) is 6.54 Å². The van der Waals surface area contributed by atoms with E-state index in [4.69, 9.17) is 0 Å². The molecule has 0 aromatic heterocycles. The van der Waals surface area contributed by atoms with E-state index in [-0.39, 0.29) is 22.8 Å². The van der Waals surface area contributed by atoms with Gasteiger partial charge in [-0.25, -0.2) is 0 Å². The maximum Gasteiger partial charge on any atom is 0.248 e. The smallest absolute Gasteiger partial charge is 0.248 e. The molecule has 2 amide bonds. The Labute approximate surface area is 162 Å². The van der Waals surface area contributed by atoms with Crippen LogP contribution in [-0.4, -0.2) is 28.8 Å². The fourth-order valence-electron chi connectivity index (χ4n) is 3.94. The summed E-state index contributed by atoms with van der Waals surface area (Å²) < 4.78 is 0. The van der Waals surface area contributed by atoms with Crippen molar-refractivity contribution in [1.29, 1.82) is 0 Å². The quantitative estimate of drug-likeness (QED) is 0.876. The van der Waals surface area contributed by atoms with Crippen LogP contribution in [0.3, 0.4) is 0 Å². The van der Waals surface area contributed by atoms with Crippen molar-refractivity contribution in [3.8, 4) is 0 Å². The van der Waals surface area contributed by atoms with Crippen LogP contribution in [0.1, 0.15) is 58.2 Å². The van der Waals surface area contributed by atoms with Crippen LogP contribution in [0.15, 0.2) is 47.6 Å². The predicted molar refractivity (Wildman–Crippen MR) is 108 cm³/mol. The molecular weight excluding hydrogens is 336 g/mol. The molecule has 1 aromatic carbocycles. The average molecular weight is 367 g/mol. The SMILES string of the molecule is Cc1ccccc1C(C(=O)NC(C)(C)C)N1CC2=CCC(C)(C)C2=CC1=O. The number of rotatable bonds is 3. The third-order valence-electron chi connectivity index (χ3n) is 5.37. The summed E-state index contributed by atoms with van der Waals surface area (Å²) in [5.74, 6) is -0.228. The highest BCUT2D eigenvalue weighted by Gasteiger charge is 2.40. The second-order valence-corrected chi connectivity index (χ2v) is 9.34. The number of allylic oxidation sites excluding steroid dienone is 1. The van der Waals surface area contributed by atoms with Gasteiger partial charge >= 0.3 is 0 Å². The predicted octanol–water partition coefficient (Wildman–Crippen LogP) is 4.08. The van der Waals surface area contributed by atoms with E-state index in [1.165, 1.54) is 5.57 Å². The van der Waals surface area contributed by atoms with Gasteiger partial charge in [0.25, 0.3) is 0 Å². The highest BCUT2D eigenvalue weighted by atomic mass is 16.2. The lowest BCUT2D eigenvalue weighted by molar-refractivity contribution is -0.138. The van der Waals surface area contributed by atoms with Gasteiger partial charge in [0, 0.05) is 18.2 Å². The number of benzene rings is 1. The van der Waals surface area contributed by atoms with E-state index in [1.54, 1.807) is 11.0 Å². The number of aryl methyl sites for hydroxylation is 1. The molecule has 144 valence electrons. The molecule has 1 aliphatic carbocycles. The summed E-state index contributed by atoms with van der Waals surface area (Å²) >= 11 is 0. The lowest BCUT2D eigenvalue weighted by Gasteiger charge is -2.37. The summed E-state index contributed by atoms with van der Waals surface area (Å²) in [6.07, 6.45) is 4.87. The lowest BCUT2D eigenvalue weighted by Crippen LogP contribution is -2.50. The number of nitrogens with one attached hydrogen (secondary N) is 1. The van der Waals surface area contributed by atoms with Crippen molar-refractivity contribution in [1.82, 2.24) is 10.2 Å². The first kappa shape index (κ1) is 19.4. The van der Waals surface area contributed by atoms with E-state index in [0.29, 0.717) is 6.54 Å². The van der Waals surface area contributed by atoms with Crippen LogP contribution in [-0.2, 0) is 9.59 Å². The largest absolute Gasteiger partial charge is 0.349 e. The van der Waals surface area contributed by atoms with Gasteiger partial charge in [-0.15, -0.1) is 0 Å². The van der Waals surface area contributed by atoms with Crippen molar-refractivity contribution in [3.63, 3.8) is 0 Å². The summed E-state index contributed by atoms with van der Waals surface area (Å²) in [5.41, 5.74) is 3.79. The number of carbonyl (C=O) groups is 2. The van der Waals surface area contributed by atoms with Crippen LogP contribution in [0, 0.1) is 12.3 Å². The van der Waals surface area contributed by atoms with Gasteiger partial charge in [0.05, 0.1) is 0 Å². The minimum atomic E-state index is -0.639. The molecule has 3 rings (SSSR count). The molecule has 0 bridgehead atoms. The first-order chi connectivity index (χ1) is 12.5. The molecule has 1 aliphatic heterocycles. The Morgan fingerprint density at radius 1 is 1.22 bits per heavy atom. The van der Waals surface area contributed by atoms with E-state index < -0.39 is 6.04 Å². The summed E-state index contributed by atoms with van der Waals surface area (Å²) in [4.78, 5) is 28.0. The van der Waals surface area contributed by atoms with Crippen molar-refractivity contribution in [3.05, 3.63) is 58.7 Å². The number of hydrogen-bond acceptors (Lipinski definition) is 2. The van der Waals surface area contributed by atoms with E-state index in [0.717, 1.165) is 23.1 Å². The molecule has 0 spiro atoms.